The molecule has 0 N–H and O–H groups in total. The van der Waals surface area contributed by atoms with E-state index in [1.54, 1.807) is 41.7 Å². The fourth-order valence-electron chi connectivity index (χ4n) is 2.51. The Labute approximate surface area is 210 Å². The Bertz CT molecular complexity index is 1200. The highest BCUT2D eigenvalue weighted by Crippen LogP contribution is 2.24. The Morgan fingerprint density at radius 2 is 1.26 bits per heavy atom. The van der Waals surface area contributed by atoms with Gasteiger partial charge < -0.3 is 4.42 Å². The average molecular weight is 514 g/mol. The summed E-state index contributed by atoms with van der Waals surface area (Å²) in [5, 5.41) is 13.5. The van der Waals surface area contributed by atoms with Crippen molar-refractivity contribution in [3.8, 4) is 0 Å². The quantitative estimate of drug-likeness (QED) is 0.423. The van der Waals surface area contributed by atoms with Crippen molar-refractivity contribution in [2.75, 3.05) is 0 Å². The van der Waals surface area contributed by atoms with Gasteiger partial charge in [0.1, 0.15) is 10.8 Å². The summed E-state index contributed by atoms with van der Waals surface area (Å²) in [6, 6.07) is 0. The predicted octanol–water partition coefficient (Wildman–Crippen LogP) is 3.60. The second-order valence-electron chi connectivity index (χ2n) is 11.1. The molecule has 3 rings (SSSR count). The van der Waals surface area contributed by atoms with Crippen molar-refractivity contribution in [1.29, 1.82) is 0 Å². The predicted molar refractivity (Wildman–Crippen MR) is 138 cm³/mol. The van der Waals surface area contributed by atoms with E-state index in [1.807, 2.05) is 48.6 Å². The summed E-state index contributed by atoms with van der Waals surface area (Å²) < 4.78 is 11.6. The van der Waals surface area contributed by atoms with Crippen LogP contribution in [0.3, 0.4) is 0 Å². The van der Waals surface area contributed by atoms with Crippen molar-refractivity contribution in [3.05, 3.63) is 41.7 Å². The Morgan fingerprint density at radius 3 is 1.44 bits per heavy atom. The minimum atomic E-state index is -0.407. The first-order chi connectivity index (χ1) is 15.2. The van der Waals surface area contributed by atoms with Crippen LogP contribution in [0.1, 0.15) is 79.0 Å². The molecule has 12 heteroatoms. The highest BCUT2D eigenvalue weighted by atomic mass is 32.1. The fraction of sp³-hybridized carbons (Fsp3) is 0.727. The maximum atomic E-state index is 11.3. The van der Waals surface area contributed by atoms with Crippen LogP contribution >= 0.6 is 23.6 Å². The van der Waals surface area contributed by atoms with Crippen LogP contribution in [0.15, 0.2) is 14.0 Å². The standard InChI is InChI=1S/C8H15N3O.C7H12N2O2.C7H12N2S2/c1-8(2,3)6-9-11(5)7(12)10(6)4;2*1-7(2,3)5-8-9(4)6(10)11-5/h1-5H3;2*1-4H3. The first-order valence-corrected chi connectivity index (χ1v) is 12.1. The molecule has 0 spiro atoms. The molecule has 0 aromatic carbocycles. The van der Waals surface area contributed by atoms with Crippen LogP contribution in [-0.2, 0) is 44.4 Å². The summed E-state index contributed by atoms with van der Waals surface area (Å²) in [7, 11) is 6.86. The van der Waals surface area contributed by atoms with E-state index in [9.17, 15) is 9.59 Å². The van der Waals surface area contributed by atoms with E-state index < -0.39 is 5.76 Å². The van der Waals surface area contributed by atoms with Gasteiger partial charge in [-0.05, 0) is 12.2 Å². The van der Waals surface area contributed by atoms with E-state index in [4.69, 9.17) is 16.6 Å². The molecule has 0 saturated heterocycles. The van der Waals surface area contributed by atoms with Crippen LogP contribution in [0.25, 0.3) is 0 Å². The van der Waals surface area contributed by atoms with Gasteiger partial charge in [-0.2, -0.15) is 14.9 Å². The van der Waals surface area contributed by atoms with Crippen LogP contribution in [0.2, 0.25) is 0 Å². The lowest BCUT2D eigenvalue weighted by Gasteiger charge is -2.15. The van der Waals surface area contributed by atoms with Crippen molar-refractivity contribution < 1.29 is 4.42 Å². The van der Waals surface area contributed by atoms with Gasteiger partial charge in [0.05, 0.1) is 0 Å². The largest absolute Gasteiger partial charge is 0.436 e. The molecule has 3 aromatic rings. The molecule has 0 saturated carbocycles. The molecule has 0 bridgehead atoms. The maximum Gasteiger partial charge on any atom is 0.436 e. The topological polar surface area (TPSA) is 106 Å². The molecule has 0 radical (unpaired) electrons. The molecule has 34 heavy (non-hydrogen) atoms. The first-order valence-electron chi connectivity index (χ1n) is 10.9. The van der Waals surface area contributed by atoms with Crippen LogP contribution in [-0.4, -0.2) is 33.9 Å². The number of aromatic nitrogens is 7. The van der Waals surface area contributed by atoms with E-state index in [2.05, 4.69) is 36.1 Å². The van der Waals surface area contributed by atoms with Gasteiger partial charge in [-0.15, -0.1) is 5.10 Å². The zero-order valence-electron chi connectivity index (χ0n) is 22.7. The van der Waals surface area contributed by atoms with E-state index in [0.717, 1.165) is 14.8 Å². The smallest absolute Gasteiger partial charge is 0.392 e. The summed E-state index contributed by atoms with van der Waals surface area (Å²) >= 11 is 6.65. The van der Waals surface area contributed by atoms with Gasteiger partial charge in [0.25, 0.3) is 0 Å². The summed E-state index contributed by atoms with van der Waals surface area (Å²) in [5.74, 6) is 0.884. The summed E-state index contributed by atoms with van der Waals surface area (Å²) in [4.78, 5) is 22.1. The number of nitrogens with zero attached hydrogens (tertiary/aromatic N) is 7. The van der Waals surface area contributed by atoms with E-state index in [-0.39, 0.29) is 21.9 Å². The lowest BCUT2D eigenvalue weighted by molar-refractivity contribution is 0.375. The van der Waals surface area contributed by atoms with Crippen molar-refractivity contribution in [2.45, 2.75) is 78.6 Å². The zero-order chi connectivity index (χ0) is 26.8. The minimum absolute atomic E-state index is 0.0695. The molecule has 3 heterocycles. The summed E-state index contributed by atoms with van der Waals surface area (Å²) in [6.45, 7) is 18.4. The third kappa shape index (κ3) is 7.86. The molecule has 192 valence electrons. The van der Waals surface area contributed by atoms with Crippen LogP contribution < -0.4 is 11.4 Å². The monoisotopic (exact) mass is 513 g/mol. The molecular weight excluding hydrogens is 474 g/mol. The third-order valence-corrected chi connectivity index (χ3v) is 6.30. The molecule has 0 aliphatic rings. The van der Waals surface area contributed by atoms with Crippen LogP contribution in [0.4, 0.5) is 0 Å². The molecule has 0 aliphatic carbocycles. The van der Waals surface area contributed by atoms with E-state index >= 15 is 0 Å². The second kappa shape index (κ2) is 10.5. The molecule has 0 atom stereocenters. The molecule has 0 fully saturated rings. The Morgan fingerprint density at radius 1 is 0.735 bits per heavy atom. The van der Waals surface area contributed by atoms with Crippen molar-refractivity contribution in [3.63, 3.8) is 0 Å². The van der Waals surface area contributed by atoms with E-state index in [0.29, 0.717) is 5.89 Å². The molecule has 10 nitrogen and oxygen atoms in total. The van der Waals surface area contributed by atoms with Crippen molar-refractivity contribution in [2.24, 2.45) is 28.2 Å². The van der Waals surface area contributed by atoms with Crippen LogP contribution in [0, 0.1) is 3.95 Å². The Balaban J connectivity index is 0.000000255. The second-order valence-corrected chi connectivity index (χ2v) is 12.8. The lowest BCUT2D eigenvalue weighted by atomic mass is 9.96. The number of hydrogen-bond acceptors (Lipinski definition) is 8. The van der Waals surface area contributed by atoms with Crippen molar-refractivity contribution >= 4 is 23.6 Å². The summed E-state index contributed by atoms with van der Waals surface area (Å²) in [6.07, 6.45) is 0. The Hall–Kier alpha value is -2.34. The Kier molecular flexibility index (Phi) is 9.18. The van der Waals surface area contributed by atoms with Gasteiger partial charge in [0.2, 0.25) is 5.89 Å². The molecule has 3 aromatic heterocycles. The SMILES string of the molecule is Cn1nc(C(C)(C)C)n(C)c1=O.Cn1nc(C(C)(C)C)oc1=O.Cn1nc(C(C)(C)C)sc1=S. The highest BCUT2D eigenvalue weighted by Gasteiger charge is 2.22. The van der Waals surface area contributed by atoms with Gasteiger partial charge in [-0.3, -0.25) is 4.57 Å². The number of rotatable bonds is 0. The van der Waals surface area contributed by atoms with Gasteiger partial charge in [-0.25, -0.2) is 19.0 Å². The van der Waals surface area contributed by atoms with Gasteiger partial charge in [-0.1, -0.05) is 73.7 Å². The van der Waals surface area contributed by atoms with E-state index in [1.165, 1.54) is 9.36 Å². The number of hydrogen-bond donors (Lipinski definition) is 0. The maximum absolute atomic E-state index is 11.3. The molecule has 0 aliphatic heterocycles. The first kappa shape index (κ1) is 29.7. The molecule has 0 unspecified atom stereocenters. The lowest BCUT2D eigenvalue weighted by Crippen LogP contribution is -2.24. The van der Waals surface area contributed by atoms with Gasteiger partial charge in [0, 0.05) is 44.4 Å². The molecule has 0 amide bonds. The average Bonchev–Trinajstić information content (AvgIpc) is 3.27. The summed E-state index contributed by atoms with van der Waals surface area (Å²) in [5.41, 5.74) is -0.213. The van der Waals surface area contributed by atoms with Crippen LogP contribution in [0.5, 0.6) is 0 Å². The van der Waals surface area contributed by atoms with Crippen molar-refractivity contribution in [1.82, 2.24) is 33.9 Å². The van der Waals surface area contributed by atoms with Gasteiger partial charge >= 0.3 is 11.4 Å². The zero-order valence-corrected chi connectivity index (χ0v) is 24.3. The minimum Gasteiger partial charge on any atom is -0.392 e. The highest BCUT2D eigenvalue weighted by molar-refractivity contribution is 7.73. The van der Waals surface area contributed by atoms with Gasteiger partial charge in [0.15, 0.2) is 3.95 Å². The normalized spacial score (nSPS) is 12.0. The fourth-order valence-corrected chi connectivity index (χ4v) is 3.60. The third-order valence-electron chi connectivity index (χ3n) is 4.46. The molecular formula is C22H39N7O3S2. The number of aryl methyl sites for hydroxylation is 3.